The van der Waals surface area contributed by atoms with Crippen LogP contribution in [-0.2, 0) is 10.5 Å². The summed E-state index contributed by atoms with van der Waals surface area (Å²) in [6, 6.07) is 9.30. The minimum Gasteiger partial charge on any atom is -0.273 e. The minimum atomic E-state index is -0.307. The number of aromatic nitrogens is 2. The summed E-state index contributed by atoms with van der Waals surface area (Å²) in [4.78, 5) is 33.1. The van der Waals surface area contributed by atoms with Gasteiger partial charge in [-0.2, -0.15) is 0 Å². The fourth-order valence-corrected chi connectivity index (χ4v) is 4.47. The third kappa shape index (κ3) is 6.85. The van der Waals surface area contributed by atoms with Gasteiger partial charge in [-0.1, -0.05) is 43.2 Å². The van der Waals surface area contributed by atoms with Gasteiger partial charge in [0.25, 0.3) is 5.91 Å². The van der Waals surface area contributed by atoms with Gasteiger partial charge in [0.1, 0.15) is 0 Å². The van der Waals surface area contributed by atoms with Crippen LogP contribution in [-0.4, -0.2) is 21.8 Å². The first-order valence-electron chi connectivity index (χ1n) is 10.1. The molecule has 29 heavy (non-hydrogen) atoms. The van der Waals surface area contributed by atoms with Gasteiger partial charge < -0.3 is 0 Å². The summed E-state index contributed by atoms with van der Waals surface area (Å²) in [7, 11) is 0. The Kier molecular flexibility index (Phi) is 7.63. The van der Waals surface area contributed by atoms with Gasteiger partial charge in [-0.15, -0.1) is 0 Å². The Balaban J connectivity index is 1.45. The summed E-state index contributed by atoms with van der Waals surface area (Å²) in [5.74, 6) is 0.743. The van der Waals surface area contributed by atoms with Crippen LogP contribution in [0.15, 0.2) is 35.5 Å². The SMILES string of the molecule is Cc1cc(C)nc(SCc2ccc(C(=O)NNC(=O)CC3CCCCC3)cc2)n1. The van der Waals surface area contributed by atoms with Gasteiger partial charge in [0, 0.05) is 29.1 Å². The van der Waals surface area contributed by atoms with E-state index >= 15 is 0 Å². The van der Waals surface area contributed by atoms with Crippen molar-refractivity contribution in [3.8, 4) is 0 Å². The molecule has 1 aliphatic carbocycles. The van der Waals surface area contributed by atoms with Crippen LogP contribution in [0.4, 0.5) is 0 Å². The van der Waals surface area contributed by atoms with Gasteiger partial charge in [0.2, 0.25) is 5.91 Å². The highest BCUT2D eigenvalue weighted by atomic mass is 32.2. The number of rotatable bonds is 6. The maximum atomic E-state index is 12.3. The molecule has 1 heterocycles. The maximum absolute atomic E-state index is 12.3. The molecular weight excluding hydrogens is 384 g/mol. The van der Waals surface area contributed by atoms with Gasteiger partial charge >= 0.3 is 0 Å². The predicted octanol–water partition coefficient (Wildman–Crippen LogP) is 4.12. The van der Waals surface area contributed by atoms with Crippen LogP contribution >= 0.6 is 11.8 Å². The number of amides is 2. The molecule has 1 saturated carbocycles. The van der Waals surface area contributed by atoms with Crippen LogP contribution in [0.2, 0.25) is 0 Å². The molecule has 0 bridgehead atoms. The van der Waals surface area contributed by atoms with Crippen LogP contribution in [0, 0.1) is 19.8 Å². The molecule has 1 aromatic carbocycles. The van der Waals surface area contributed by atoms with Crippen molar-refractivity contribution >= 4 is 23.6 Å². The fourth-order valence-electron chi connectivity index (χ4n) is 3.56. The van der Waals surface area contributed by atoms with Crippen LogP contribution < -0.4 is 10.9 Å². The second-order valence-corrected chi connectivity index (χ2v) is 8.57. The van der Waals surface area contributed by atoms with Gasteiger partial charge in [0.15, 0.2) is 5.16 Å². The Morgan fingerprint density at radius 2 is 1.66 bits per heavy atom. The van der Waals surface area contributed by atoms with Crippen LogP contribution in [0.5, 0.6) is 0 Å². The zero-order valence-corrected chi connectivity index (χ0v) is 17.8. The van der Waals surface area contributed by atoms with E-state index in [1.165, 1.54) is 19.3 Å². The van der Waals surface area contributed by atoms with E-state index in [0.717, 1.165) is 40.7 Å². The molecular formula is C22H28N4O2S. The molecule has 2 aromatic rings. The second-order valence-electron chi connectivity index (χ2n) is 7.63. The van der Waals surface area contributed by atoms with Gasteiger partial charge in [-0.3, -0.25) is 20.4 Å². The normalized spacial score (nSPS) is 14.4. The van der Waals surface area contributed by atoms with Crippen molar-refractivity contribution in [2.24, 2.45) is 5.92 Å². The molecule has 6 nitrogen and oxygen atoms in total. The van der Waals surface area contributed by atoms with E-state index in [-0.39, 0.29) is 11.8 Å². The molecule has 0 aliphatic heterocycles. The Labute approximate surface area is 176 Å². The zero-order chi connectivity index (χ0) is 20.6. The van der Waals surface area contributed by atoms with Crippen molar-refractivity contribution in [2.75, 3.05) is 0 Å². The van der Waals surface area contributed by atoms with E-state index in [1.54, 1.807) is 23.9 Å². The standard InChI is InChI=1S/C22H28N4O2S/c1-15-12-16(2)24-22(23-15)29-14-18-8-10-19(11-9-18)21(28)26-25-20(27)13-17-6-4-3-5-7-17/h8-12,17H,3-7,13-14H2,1-2H3,(H,25,27)(H,26,28). The molecule has 3 rings (SSSR count). The molecule has 0 unspecified atom stereocenters. The number of aryl methyl sites for hydroxylation is 2. The highest BCUT2D eigenvalue weighted by molar-refractivity contribution is 7.98. The molecule has 2 N–H and O–H groups in total. The second kappa shape index (κ2) is 10.4. The number of hydrazine groups is 1. The highest BCUT2D eigenvalue weighted by Crippen LogP contribution is 2.26. The van der Waals surface area contributed by atoms with E-state index in [9.17, 15) is 9.59 Å². The van der Waals surface area contributed by atoms with E-state index < -0.39 is 0 Å². The lowest BCUT2D eigenvalue weighted by atomic mass is 9.87. The molecule has 0 radical (unpaired) electrons. The number of hydrogen-bond donors (Lipinski definition) is 2. The minimum absolute atomic E-state index is 0.119. The third-order valence-electron chi connectivity index (χ3n) is 5.06. The van der Waals surface area contributed by atoms with Crippen LogP contribution in [0.3, 0.4) is 0 Å². The predicted molar refractivity (Wildman–Crippen MR) is 114 cm³/mol. The summed E-state index contributed by atoms with van der Waals surface area (Å²) in [6.45, 7) is 3.92. The number of carbonyl (C=O) groups excluding carboxylic acids is 2. The molecule has 1 fully saturated rings. The topological polar surface area (TPSA) is 84.0 Å². The number of nitrogens with zero attached hydrogens (tertiary/aromatic N) is 2. The number of carbonyl (C=O) groups is 2. The lowest BCUT2D eigenvalue weighted by Gasteiger charge is -2.20. The average molecular weight is 413 g/mol. The molecule has 0 saturated heterocycles. The number of hydrogen-bond acceptors (Lipinski definition) is 5. The lowest BCUT2D eigenvalue weighted by Crippen LogP contribution is -2.42. The van der Waals surface area contributed by atoms with Crippen molar-refractivity contribution in [1.29, 1.82) is 0 Å². The van der Waals surface area contributed by atoms with E-state index in [0.29, 0.717) is 17.9 Å². The van der Waals surface area contributed by atoms with Gasteiger partial charge in [-0.05, 0) is 56.4 Å². The Morgan fingerprint density at radius 1 is 1.00 bits per heavy atom. The molecule has 0 atom stereocenters. The first kappa shape index (κ1) is 21.3. The summed E-state index contributed by atoms with van der Waals surface area (Å²) in [6.07, 6.45) is 6.36. The monoisotopic (exact) mass is 412 g/mol. The quantitative estimate of drug-likeness (QED) is 0.424. The van der Waals surface area contributed by atoms with Crippen molar-refractivity contribution < 1.29 is 9.59 Å². The highest BCUT2D eigenvalue weighted by Gasteiger charge is 2.17. The lowest BCUT2D eigenvalue weighted by molar-refractivity contribution is -0.123. The summed E-state index contributed by atoms with van der Waals surface area (Å²) >= 11 is 1.57. The van der Waals surface area contributed by atoms with Crippen molar-refractivity contribution in [2.45, 2.75) is 63.3 Å². The Bertz CT molecular complexity index is 828. The summed E-state index contributed by atoms with van der Waals surface area (Å²) < 4.78 is 0. The molecule has 1 aromatic heterocycles. The largest absolute Gasteiger partial charge is 0.273 e. The number of nitrogens with one attached hydrogen (secondary N) is 2. The van der Waals surface area contributed by atoms with E-state index in [2.05, 4.69) is 20.8 Å². The maximum Gasteiger partial charge on any atom is 0.269 e. The average Bonchev–Trinajstić information content (AvgIpc) is 2.71. The first-order valence-corrected chi connectivity index (χ1v) is 11.1. The Morgan fingerprint density at radius 3 is 2.31 bits per heavy atom. The molecule has 154 valence electrons. The van der Waals surface area contributed by atoms with Crippen LogP contribution in [0.1, 0.15) is 65.8 Å². The molecule has 0 spiro atoms. The number of thioether (sulfide) groups is 1. The van der Waals surface area contributed by atoms with Crippen molar-refractivity contribution in [3.63, 3.8) is 0 Å². The van der Waals surface area contributed by atoms with E-state index in [4.69, 9.17) is 0 Å². The Hall–Kier alpha value is -2.41. The zero-order valence-electron chi connectivity index (χ0n) is 17.0. The van der Waals surface area contributed by atoms with Crippen molar-refractivity contribution in [1.82, 2.24) is 20.8 Å². The summed E-state index contributed by atoms with van der Waals surface area (Å²) in [5, 5.41) is 0.755. The molecule has 1 aliphatic rings. The third-order valence-corrected chi connectivity index (χ3v) is 5.98. The van der Waals surface area contributed by atoms with Gasteiger partial charge in [-0.25, -0.2) is 9.97 Å². The molecule has 2 amide bonds. The smallest absolute Gasteiger partial charge is 0.269 e. The first-order chi connectivity index (χ1) is 14.0. The number of benzene rings is 1. The van der Waals surface area contributed by atoms with Gasteiger partial charge in [0.05, 0.1) is 0 Å². The fraction of sp³-hybridized carbons (Fsp3) is 0.455. The summed E-state index contributed by atoms with van der Waals surface area (Å²) in [5.41, 5.74) is 8.56. The van der Waals surface area contributed by atoms with Crippen molar-refractivity contribution in [3.05, 3.63) is 52.8 Å². The molecule has 7 heteroatoms. The van der Waals surface area contributed by atoms with Crippen LogP contribution in [0.25, 0.3) is 0 Å². The van der Waals surface area contributed by atoms with E-state index in [1.807, 2.05) is 32.0 Å².